The lowest BCUT2D eigenvalue weighted by Gasteiger charge is -2.10. The van der Waals surface area contributed by atoms with Crippen LogP contribution in [0.5, 0.6) is 11.5 Å². The SMILES string of the molecule is O=C(Nc1cccc(NC(=O)c2cc(F)ccc2F)c1)c1ccc2c(c1)OCO2. The van der Waals surface area contributed by atoms with Gasteiger partial charge < -0.3 is 20.1 Å². The van der Waals surface area contributed by atoms with Crippen molar-refractivity contribution in [2.75, 3.05) is 17.4 Å². The number of carbonyl (C=O) groups excluding carboxylic acids is 2. The lowest BCUT2D eigenvalue weighted by atomic mass is 10.1. The summed E-state index contributed by atoms with van der Waals surface area (Å²) in [6.07, 6.45) is 0. The smallest absolute Gasteiger partial charge is 0.258 e. The van der Waals surface area contributed by atoms with E-state index in [0.717, 1.165) is 18.2 Å². The number of rotatable bonds is 4. The van der Waals surface area contributed by atoms with Crippen LogP contribution in [0.2, 0.25) is 0 Å². The van der Waals surface area contributed by atoms with Crippen LogP contribution in [0.3, 0.4) is 0 Å². The molecule has 0 bridgehead atoms. The van der Waals surface area contributed by atoms with Crippen LogP contribution < -0.4 is 20.1 Å². The summed E-state index contributed by atoms with van der Waals surface area (Å²) in [6, 6.07) is 13.7. The number of hydrogen-bond acceptors (Lipinski definition) is 4. The Bertz CT molecular complexity index is 1120. The number of hydrogen-bond donors (Lipinski definition) is 2. The molecular formula is C21H14F2N2O4. The molecule has 29 heavy (non-hydrogen) atoms. The molecular weight excluding hydrogens is 382 g/mol. The van der Waals surface area contributed by atoms with Gasteiger partial charge in [0.05, 0.1) is 5.56 Å². The molecule has 0 radical (unpaired) electrons. The molecule has 2 N–H and O–H groups in total. The minimum Gasteiger partial charge on any atom is -0.454 e. The second-order valence-electron chi connectivity index (χ2n) is 6.18. The van der Waals surface area contributed by atoms with Gasteiger partial charge in [-0.25, -0.2) is 8.78 Å². The normalized spacial score (nSPS) is 11.8. The Labute approximate surface area is 164 Å². The molecule has 146 valence electrons. The average molecular weight is 396 g/mol. The topological polar surface area (TPSA) is 76.7 Å². The number of ether oxygens (including phenoxy) is 2. The molecule has 1 aliphatic heterocycles. The summed E-state index contributed by atoms with van der Waals surface area (Å²) in [4.78, 5) is 24.7. The highest BCUT2D eigenvalue weighted by molar-refractivity contribution is 6.06. The molecule has 2 amide bonds. The highest BCUT2D eigenvalue weighted by Crippen LogP contribution is 2.32. The predicted molar refractivity (Wildman–Crippen MR) is 101 cm³/mol. The molecule has 0 atom stereocenters. The fourth-order valence-electron chi connectivity index (χ4n) is 2.79. The van der Waals surface area contributed by atoms with Crippen LogP contribution in [0.15, 0.2) is 60.7 Å². The Morgan fingerprint density at radius 3 is 2.31 bits per heavy atom. The van der Waals surface area contributed by atoms with E-state index in [9.17, 15) is 18.4 Å². The summed E-state index contributed by atoms with van der Waals surface area (Å²) < 4.78 is 37.5. The summed E-state index contributed by atoms with van der Waals surface area (Å²) in [5.41, 5.74) is 0.664. The molecule has 4 rings (SSSR count). The zero-order chi connectivity index (χ0) is 20.4. The maximum absolute atomic E-state index is 13.8. The Morgan fingerprint density at radius 2 is 1.52 bits per heavy atom. The molecule has 1 aliphatic rings. The van der Waals surface area contributed by atoms with Crippen molar-refractivity contribution < 1.29 is 27.8 Å². The van der Waals surface area contributed by atoms with E-state index in [1.54, 1.807) is 36.4 Å². The zero-order valence-corrected chi connectivity index (χ0v) is 14.9. The predicted octanol–water partition coefficient (Wildman–Crippen LogP) is 4.20. The molecule has 0 unspecified atom stereocenters. The second-order valence-corrected chi connectivity index (χ2v) is 6.18. The molecule has 0 saturated heterocycles. The van der Waals surface area contributed by atoms with Gasteiger partial charge in [0, 0.05) is 16.9 Å². The third kappa shape index (κ3) is 4.01. The molecule has 0 aliphatic carbocycles. The van der Waals surface area contributed by atoms with Gasteiger partial charge in [-0.3, -0.25) is 9.59 Å². The Balaban J connectivity index is 1.48. The fourth-order valence-corrected chi connectivity index (χ4v) is 2.79. The van der Waals surface area contributed by atoms with Crippen molar-refractivity contribution in [3.63, 3.8) is 0 Å². The van der Waals surface area contributed by atoms with Crippen LogP contribution in [0.1, 0.15) is 20.7 Å². The molecule has 0 aromatic heterocycles. The van der Waals surface area contributed by atoms with Crippen molar-refractivity contribution in [2.45, 2.75) is 0 Å². The van der Waals surface area contributed by atoms with Gasteiger partial charge in [-0.2, -0.15) is 0 Å². The molecule has 0 fully saturated rings. The molecule has 3 aromatic rings. The summed E-state index contributed by atoms with van der Waals surface area (Å²) in [6.45, 7) is 0.105. The van der Waals surface area contributed by atoms with Crippen LogP contribution in [0.25, 0.3) is 0 Å². The average Bonchev–Trinajstić information content (AvgIpc) is 3.18. The van der Waals surface area contributed by atoms with Gasteiger partial charge in [0.1, 0.15) is 11.6 Å². The first-order chi connectivity index (χ1) is 14.0. The first kappa shape index (κ1) is 18.4. The van der Waals surface area contributed by atoms with E-state index in [-0.39, 0.29) is 12.7 Å². The third-order valence-corrected chi connectivity index (χ3v) is 4.19. The number of amides is 2. The number of anilines is 2. The summed E-state index contributed by atoms with van der Waals surface area (Å²) in [5, 5.41) is 5.18. The molecule has 3 aromatic carbocycles. The number of halogens is 2. The van der Waals surface area contributed by atoms with E-state index < -0.39 is 23.1 Å². The van der Waals surface area contributed by atoms with Crippen molar-refractivity contribution in [2.24, 2.45) is 0 Å². The van der Waals surface area contributed by atoms with Gasteiger partial charge in [0.2, 0.25) is 6.79 Å². The molecule has 0 spiro atoms. The van der Waals surface area contributed by atoms with Crippen LogP contribution in [-0.2, 0) is 0 Å². The lowest BCUT2D eigenvalue weighted by molar-refractivity contribution is 0.101. The highest BCUT2D eigenvalue weighted by atomic mass is 19.1. The Hall–Kier alpha value is -3.94. The van der Waals surface area contributed by atoms with Gasteiger partial charge in [-0.15, -0.1) is 0 Å². The zero-order valence-electron chi connectivity index (χ0n) is 14.9. The second kappa shape index (κ2) is 7.59. The standard InChI is InChI=1S/C21H14F2N2O4/c22-13-5-6-17(23)16(9-13)21(27)25-15-3-1-2-14(10-15)24-20(26)12-4-7-18-19(8-12)29-11-28-18/h1-10H,11H2,(H,24,26)(H,25,27). The Kier molecular flexibility index (Phi) is 4.82. The van der Waals surface area contributed by atoms with Crippen molar-refractivity contribution in [1.29, 1.82) is 0 Å². The maximum Gasteiger partial charge on any atom is 0.258 e. The number of nitrogens with one attached hydrogen (secondary N) is 2. The van der Waals surface area contributed by atoms with Crippen LogP contribution >= 0.6 is 0 Å². The van der Waals surface area contributed by atoms with Crippen LogP contribution in [0, 0.1) is 11.6 Å². The van der Waals surface area contributed by atoms with Crippen LogP contribution in [0.4, 0.5) is 20.2 Å². The quantitative estimate of drug-likeness (QED) is 0.693. The van der Waals surface area contributed by atoms with E-state index in [4.69, 9.17) is 9.47 Å². The minimum atomic E-state index is -0.837. The largest absolute Gasteiger partial charge is 0.454 e. The van der Waals surface area contributed by atoms with E-state index >= 15 is 0 Å². The number of benzene rings is 3. The van der Waals surface area contributed by atoms with Crippen LogP contribution in [-0.4, -0.2) is 18.6 Å². The third-order valence-electron chi connectivity index (χ3n) is 4.19. The fraction of sp³-hybridized carbons (Fsp3) is 0.0476. The van der Waals surface area contributed by atoms with Gasteiger partial charge in [0.15, 0.2) is 11.5 Å². The van der Waals surface area contributed by atoms with Crippen molar-refractivity contribution in [3.05, 3.63) is 83.4 Å². The molecule has 0 saturated carbocycles. The maximum atomic E-state index is 13.8. The van der Waals surface area contributed by atoms with Crippen molar-refractivity contribution >= 4 is 23.2 Å². The van der Waals surface area contributed by atoms with Gasteiger partial charge in [-0.05, 0) is 54.6 Å². The Morgan fingerprint density at radius 1 is 0.793 bits per heavy atom. The molecule has 1 heterocycles. The monoisotopic (exact) mass is 396 g/mol. The van der Waals surface area contributed by atoms with Crippen molar-refractivity contribution in [1.82, 2.24) is 0 Å². The molecule has 6 nitrogen and oxygen atoms in total. The highest BCUT2D eigenvalue weighted by Gasteiger charge is 2.17. The first-order valence-electron chi connectivity index (χ1n) is 8.57. The summed E-state index contributed by atoms with van der Waals surface area (Å²) in [7, 11) is 0. The number of fused-ring (bicyclic) bond motifs is 1. The summed E-state index contributed by atoms with van der Waals surface area (Å²) >= 11 is 0. The van der Waals surface area contributed by atoms with Crippen molar-refractivity contribution in [3.8, 4) is 11.5 Å². The lowest BCUT2D eigenvalue weighted by Crippen LogP contribution is -2.15. The molecule has 8 heteroatoms. The van der Waals surface area contributed by atoms with E-state index in [2.05, 4.69) is 10.6 Å². The summed E-state index contributed by atoms with van der Waals surface area (Å²) in [5.74, 6) is -1.70. The van der Waals surface area contributed by atoms with E-state index in [0.29, 0.717) is 28.4 Å². The van der Waals surface area contributed by atoms with Gasteiger partial charge in [0.25, 0.3) is 11.8 Å². The first-order valence-corrected chi connectivity index (χ1v) is 8.57. The van der Waals surface area contributed by atoms with E-state index in [1.807, 2.05) is 0 Å². The van der Waals surface area contributed by atoms with Gasteiger partial charge in [-0.1, -0.05) is 6.07 Å². The van der Waals surface area contributed by atoms with Gasteiger partial charge >= 0.3 is 0 Å². The minimum absolute atomic E-state index is 0.105. The number of carbonyl (C=O) groups is 2. The van der Waals surface area contributed by atoms with E-state index in [1.165, 1.54) is 6.07 Å².